The summed E-state index contributed by atoms with van der Waals surface area (Å²) >= 11 is 3.44. The first-order valence-corrected chi connectivity index (χ1v) is 6.11. The number of hydrogen-bond donors (Lipinski definition) is 1. The molecule has 0 unspecified atom stereocenters. The van der Waals surface area contributed by atoms with E-state index >= 15 is 0 Å². The molecule has 0 bridgehead atoms. The number of carbonyl (C=O) groups excluding carboxylic acids is 1. The van der Waals surface area contributed by atoms with Gasteiger partial charge >= 0.3 is 5.97 Å². The normalized spacial score (nSPS) is 11.2. The van der Waals surface area contributed by atoms with Crippen molar-refractivity contribution in [2.45, 2.75) is 26.7 Å². The van der Waals surface area contributed by atoms with Gasteiger partial charge in [-0.15, -0.1) is 0 Å². The first kappa shape index (κ1) is 13.9. The Morgan fingerprint density at radius 1 is 1.29 bits per heavy atom. The van der Waals surface area contributed by atoms with Gasteiger partial charge in [-0.3, -0.25) is 4.79 Å². The molecule has 0 aliphatic rings. The van der Waals surface area contributed by atoms with Crippen LogP contribution in [-0.4, -0.2) is 16.9 Å². The predicted octanol–water partition coefficient (Wildman–Crippen LogP) is 3.06. The van der Waals surface area contributed by atoms with Crippen LogP contribution in [0.1, 0.15) is 25.8 Å². The van der Waals surface area contributed by atoms with E-state index in [1.54, 1.807) is 0 Å². The lowest BCUT2D eigenvalue weighted by molar-refractivity contribution is -0.150. The molecule has 17 heavy (non-hydrogen) atoms. The quantitative estimate of drug-likeness (QED) is 0.850. The zero-order chi connectivity index (χ0) is 13.1. The van der Waals surface area contributed by atoms with Gasteiger partial charge in [-0.2, -0.15) is 0 Å². The van der Waals surface area contributed by atoms with Crippen LogP contribution in [0.15, 0.2) is 28.7 Å². The fraction of sp³-hybridized carbons (Fsp3) is 0.385. The molecule has 0 spiro atoms. The Bertz CT molecular complexity index is 438. The van der Waals surface area contributed by atoms with E-state index in [0.717, 1.165) is 10.0 Å². The summed E-state index contributed by atoms with van der Waals surface area (Å²) in [4.78, 5) is 21.8. The minimum absolute atomic E-state index is 0.0453. The Hall–Kier alpha value is -1.16. The van der Waals surface area contributed by atoms with E-state index in [9.17, 15) is 9.59 Å². The third-order valence-corrected chi connectivity index (χ3v) is 3.28. The molecule has 0 saturated heterocycles. The molecule has 1 rings (SSSR count). The van der Waals surface area contributed by atoms with Crippen LogP contribution in [0, 0.1) is 5.41 Å². The second-order valence-electron chi connectivity index (χ2n) is 4.84. The summed E-state index contributed by atoms with van der Waals surface area (Å²) in [5, 5.41) is 8.61. The molecule has 3 nitrogen and oxygen atoms in total. The van der Waals surface area contributed by atoms with Crippen LogP contribution >= 0.6 is 15.9 Å². The van der Waals surface area contributed by atoms with Crippen molar-refractivity contribution >= 4 is 27.7 Å². The number of ketones is 1. The number of Topliss-reactive ketones (excluding diaryl/α,β-unsaturated/α-hetero) is 1. The highest BCUT2D eigenvalue weighted by molar-refractivity contribution is 9.10. The van der Waals surface area contributed by atoms with E-state index < -0.39 is 11.8 Å². The molecular formula is C13H15BrO3. The maximum Gasteiger partial charge on any atom is 0.372 e. The van der Waals surface area contributed by atoms with E-state index in [4.69, 9.17) is 5.11 Å². The second kappa shape index (κ2) is 5.45. The number of carbonyl (C=O) groups is 2. The summed E-state index contributed by atoms with van der Waals surface area (Å²) < 4.78 is 0.982. The van der Waals surface area contributed by atoms with Crippen molar-refractivity contribution < 1.29 is 14.7 Å². The predicted molar refractivity (Wildman–Crippen MR) is 68.9 cm³/mol. The summed E-state index contributed by atoms with van der Waals surface area (Å²) in [6.07, 6.45) is 0.705. The maximum absolute atomic E-state index is 11.2. The number of carboxylic acid groups (broad SMARTS) is 1. The topological polar surface area (TPSA) is 54.4 Å². The molecule has 0 aliphatic heterocycles. The molecule has 0 saturated carbocycles. The van der Waals surface area contributed by atoms with Crippen LogP contribution in [0.4, 0.5) is 0 Å². The summed E-state index contributed by atoms with van der Waals surface area (Å²) in [5.41, 5.74) is 0.718. The third kappa shape index (κ3) is 4.30. The number of benzene rings is 1. The van der Waals surface area contributed by atoms with Crippen molar-refractivity contribution in [3.05, 3.63) is 34.3 Å². The molecule has 1 N–H and O–H groups in total. The lowest BCUT2D eigenvalue weighted by atomic mass is 9.81. The van der Waals surface area contributed by atoms with Gasteiger partial charge in [-0.1, -0.05) is 48.0 Å². The van der Waals surface area contributed by atoms with Crippen LogP contribution in [0.5, 0.6) is 0 Å². The molecule has 0 heterocycles. The lowest BCUT2D eigenvalue weighted by Crippen LogP contribution is -2.24. The molecule has 0 aliphatic carbocycles. The smallest absolute Gasteiger partial charge is 0.372 e. The Kier molecular flexibility index (Phi) is 4.46. The fourth-order valence-electron chi connectivity index (χ4n) is 1.73. The third-order valence-electron chi connectivity index (χ3n) is 2.50. The van der Waals surface area contributed by atoms with Gasteiger partial charge in [0, 0.05) is 10.9 Å². The van der Waals surface area contributed by atoms with E-state index in [1.807, 2.05) is 38.1 Å². The summed E-state index contributed by atoms with van der Waals surface area (Å²) in [7, 11) is 0. The lowest BCUT2D eigenvalue weighted by Gasteiger charge is -2.23. The van der Waals surface area contributed by atoms with Gasteiger partial charge in [-0.05, 0) is 23.5 Å². The van der Waals surface area contributed by atoms with Crippen molar-refractivity contribution in [1.82, 2.24) is 0 Å². The minimum atomic E-state index is -1.36. The minimum Gasteiger partial charge on any atom is -0.476 e. The van der Waals surface area contributed by atoms with Gasteiger partial charge in [0.2, 0.25) is 5.78 Å². The summed E-state index contributed by atoms with van der Waals surface area (Å²) in [6.45, 7) is 3.79. The highest BCUT2D eigenvalue weighted by Crippen LogP contribution is 2.29. The van der Waals surface area contributed by atoms with Crippen LogP contribution in [0.25, 0.3) is 0 Å². The molecule has 0 aromatic heterocycles. The Morgan fingerprint density at radius 2 is 1.88 bits per heavy atom. The average molecular weight is 299 g/mol. The van der Waals surface area contributed by atoms with Gasteiger partial charge in [-0.25, -0.2) is 4.79 Å². The highest BCUT2D eigenvalue weighted by Gasteiger charge is 2.26. The number of carboxylic acids is 1. The maximum atomic E-state index is 11.2. The largest absolute Gasteiger partial charge is 0.476 e. The van der Waals surface area contributed by atoms with Crippen LogP contribution < -0.4 is 0 Å². The second-order valence-corrected chi connectivity index (χ2v) is 5.69. The molecule has 0 radical (unpaired) electrons. The van der Waals surface area contributed by atoms with Crippen molar-refractivity contribution in [1.29, 1.82) is 0 Å². The zero-order valence-electron chi connectivity index (χ0n) is 9.87. The Morgan fingerprint density at radius 3 is 2.41 bits per heavy atom. The molecule has 0 fully saturated rings. The average Bonchev–Trinajstić information content (AvgIpc) is 2.20. The SMILES string of the molecule is CC(C)(CC(=O)C(=O)O)Cc1ccccc1Br. The van der Waals surface area contributed by atoms with Crippen molar-refractivity contribution in [2.75, 3.05) is 0 Å². The van der Waals surface area contributed by atoms with E-state index in [2.05, 4.69) is 15.9 Å². The first-order valence-electron chi connectivity index (χ1n) is 5.31. The van der Waals surface area contributed by atoms with Crippen LogP contribution in [0.2, 0.25) is 0 Å². The molecule has 92 valence electrons. The van der Waals surface area contributed by atoms with Crippen LogP contribution in [0.3, 0.4) is 0 Å². The van der Waals surface area contributed by atoms with Gasteiger partial charge in [0.15, 0.2) is 0 Å². The number of hydrogen-bond acceptors (Lipinski definition) is 2. The van der Waals surface area contributed by atoms with E-state index in [0.29, 0.717) is 6.42 Å². The van der Waals surface area contributed by atoms with Gasteiger partial charge in [0.1, 0.15) is 0 Å². The van der Waals surface area contributed by atoms with E-state index in [-0.39, 0.29) is 11.8 Å². The molecule has 1 aromatic carbocycles. The molecule has 0 amide bonds. The number of aliphatic carboxylic acids is 1. The van der Waals surface area contributed by atoms with Crippen LogP contribution in [-0.2, 0) is 16.0 Å². The number of rotatable bonds is 5. The Balaban J connectivity index is 2.76. The van der Waals surface area contributed by atoms with Gasteiger partial charge in [0.25, 0.3) is 0 Å². The van der Waals surface area contributed by atoms with Crippen molar-refractivity contribution in [3.63, 3.8) is 0 Å². The monoisotopic (exact) mass is 298 g/mol. The van der Waals surface area contributed by atoms with Gasteiger partial charge in [0.05, 0.1) is 0 Å². The van der Waals surface area contributed by atoms with Crippen molar-refractivity contribution in [3.8, 4) is 0 Å². The molecule has 4 heteroatoms. The number of halogens is 1. The summed E-state index contributed by atoms with van der Waals surface area (Å²) in [6, 6.07) is 7.75. The fourth-order valence-corrected chi connectivity index (χ4v) is 2.16. The van der Waals surface area contributed by atoms with Gasteiger partial charge < -0.3 is 5.11 Å². The zero-order valence-corrected chi connectivity index (χ0v) is 11.5. The molecular weight excluding hydrogens is 284 g/mol. The molecule has 1 aromatic rings. The summed E-state index contributed by atoms with van der Waals surface area (Å²) in [5.74, 6) is -2.09. The Labute approximate surface area is 109 Å². The van der Waals surface area contributed by atoms with E-state index in [1.165, 1.54) is 0 Å². The van der Waals surface area contributed by atoms with Crippen molar-refractivity contribution in [2.24, 2.45) is 5.41 Å². The highest BCUT2D eigenvalue weighted by atomic mass is 79.9. The first-order chi connectivity index (χ1) is 7.82. The molecule has 0 atom stereocenters. The standard InChI is InChI=1S/C13H15BrO3/c1-13(2,8-11(15)12(16)17)7-9-5-3-4-6-10(9)14/h3-6H,7-8H2,1-2H3,(H,16,17).